The van der Waals surface area contributed by atoms with E-state index in [9.17, 15) is 21.6 Å². The maximum atomic E-state index is 11.9. The van der Waals surface area contributed by atoms with E-state index >= 15 is 0 Å². The van der Waals surface area contributed by atoms with Gasteiger partial charge in [0.2, 0.25) is 0 Å². The van der Waals surface area contributed by atoms with E-state index in [1.807, 2.05) is 0 Å². The lowest BCUT2D eigenvalue weighted by atomic mass is 10.2. The number of halogens is 3. The zero-order valence-electron chi connectivity index (χ0n) is 9.58. The topological polar surface area (TPSA) is 61.4 Å². The maximum absolute atomic E-state index is 11.9. The molecule has 5 nitrogen and oxygen atoms in total. The fraction of sp³-hybridized carbons (Fsp3) is 1.00. The van der Waals surface area contributed by atoms with Gasteiger partial charge in [-0.15, -0.1) is 0 Å². The van der Waals surface area contributed by atoms with Crippen LogP contribution in [0.5, 0.6) is 0 Å². The fourth-order valence-corrected chi connectivity index (χ4v) is 3.11. The predicted octanol–water partition coefficient (Wildman–Crippen LogP) is 0.0653. The van der Waals surface area contributed by atoms with Gasteiger partial charge in [-0.25, -0.2) is 0 Å². The number of nitrogens with one attached hydrogen (secondary N) is 2. The summed E-state index contributed by atoms with van der Waals surface area (Å²) in [6.45, 7) is 2.35. The lowest BCUT2D eigenvalue weighted by Gasteiger charge is -2.35. The summed E-state index contributed by atoms with van der Waals surface area (Å²) in [5.74, 6) is 0. The fourth-order valence-electron chi connectivity index (χ4n) is 1.74. The third-order valence-electron chi connectivity index (χ3n) is 2.32. The molecule has 0 amide bonds. The smallest absolute Gasteiger partial charge is 0.309 e. The molecule has 1 heterocycles. The number of piperazine rings is 1. The minimum atomic E-state index is -4.54. The van der Waals surface area contributed by atoms with Crippen LogP contribution in [0.15, 0.2) is 0 Å². The van der Waals surface area contributed by atoms with Crippen molar-refractivity contribution in [2.24, 2.45) is 0 Å². The summed E-state index contributed by atoms with van der Waals surface area (Å²) in [6.07, 6.45) is -4.54. The van der Waals surface area contributed by atoms with Gasteiger partial charge in [-0.2, -0.15) is 30.6 Å². The molecule has 0 aliphatic carbocycles. The van der Waals surface area contributed by atoms with Crippen molar-refractivity contribution in [2.75, 3.05) is 19.6 Å². The van der Waals surface area contributed by atoms with E-state index in [-0.39, 0.29) is 25.2 Å². The number of hydrogen-bond acceptors (Lipinski definition) is 3. The minimum absolute atomic E-state index is 0.0822. The monoisotopic (exact) mass is 275 g/mol. The van der Waals surface area contributed by atoms with Crippen LogP contribution in [0.4, 0.5) is 13.2 Å². The van der Waals surface area contributed by atoms with Crippen LogP contribution in [0.1, 0.15) is 13.8 Å². The molecule has 1 fully saturated rings. The molecule has 0 bridgehead atoms. The third-order valence-corrected chi connectivity index (χ3v) is 3.81. The Morgan fingerprint density at radius 1 is 1.29 bits per heavy atom. The Morgan fingerprint density at radius 3 is 2.18 bits per heavy atom. The van der Waals surface area contributed by atoms with Crippen LogP contribution in [-0.2, 0) is 10.2 Å². The van der Waals surface area contributed by atoms with Crippen LogP contribution >= 0.6 is 0 Å². The Labute approximate surface area is 98.5 Å². The second-order valence-corrected chi connectivity index (χ2v) is 5.98. The van der Waals surface area contributed by atoms with Crippen LogP contribution in [0, 0.1) is 0 Å². The van der Waals surface area contributed by atoms with Gasteiger partial charge in [-0.05, 0) is 13.8 Å². The summed E-state index contributed by atoms with van der Waals surface area (Å²) < 4.78 is 61.7. The number of rotatable bonds is 3. The van der Waals surface area contributed by atoms with E-state index in [4.69, 9.17) is 0 Å². The lowest BCUT2D eigenvalue weighted by Crippen LogP contribution is -2.58. The number of alkyl halides is 3. The molecule has 0 saturated carbocycles. The maximum Gasteiger partial charge on any atom is 0.402 e. The van der Waals surface area contributed by atoms with E-state index in [0.717, 1.165) is 4.31 Å². The van der Waals surface area contributed by atoms with Gasteiger partial charge in [0.05, 0.1) is 0 Å². The van der Waals surface area contributed by atoms with Gasteiger partial charge in [0.15, 0.2) is 0 Å². The Balaban J connectivity index is 2.63. The van der Waals surface area contributed by atoms with Crippen molar-refractivity contribution < 1.29 is 21.6 Å². The molecule has 0 aromatic heterocycles. The molecule has 0 spiro atoms. The second kappa shape index (κ2) is 5.09. The van der Waals surface area contributed by atoms with Gasteiger partial charge < -0.3 is 5.32 Å². The van der Waals surface area contributed by atoms with E-state index in [0.29, 0.717) is 0 Å². The quantitative estimate of drug-likeness (QED) is 0.766. The first-order chi connectivity index (χ1) is 7.60. The largest absolute Gasteiger partial charge is 0.402 e. The van der Waals surface area contributed by atoms with Crippen molar-refractivity contribution in [3.63, 3.8) is 0 Å². The molecule has 9 heteroatoms. The van der Waals surface area contributed by atoms with Crippen molar-refractivity contribution in [3.8, 4) is 0 Å². The average molecular weight is 275 g/mol. The van der Waals surface area contributed by atoms with Gasteiger partial charge in [-0.1, -0.05) is 0 Å². The van der Waals surface area contributed by atoms with Crippen LogP contribution in [0.25, 0.3) is 0 Å². The molecule has 0 radical (unpaired) electrons. The average Bonchev–Trinajstić information content (AvgIpc) is 2.12. The lowest BCUT2D eigenvalue weighted by molar-refractivity contribution is -0.121. The van der Waals surface area contributed by atoms with Gasteiger partial charge in [0.1, 0.15) is 6.54 Å². The second-order valence-electron chi connectivity index (χ2n) is 4.23. The number of hydrogen-bond donors (Lipinski definition) is 2. The predicted molar refractivity (Wildman–Crippen MR) is 56.6 cm³/mol. The molecule has 17 heavy (non-hydrogen) atoms. The molecule has 2 unspecified atom stereocenters. The highest BCUT2D eigenvalue weighted by molar-refractivity contribution is 7.87. The molecule has 1 aliphatic rings. The SMILES string of the molecule is CC1CN(S(=O)(=O)NCC(F)(F)F)CC(C)N1. The zero-order chi connectivity index (χ0) is 13.3. The summed E-state index contributed by atoms with van der Waals surface area (Å²) in [7, 11) is -4.06. The molecule has 1 saturated heterocycles. The highest BCUT2D eigenvalue weighted by Gasteiger charge is 2.34. The highest BCUT2D eigenvalue weighted by atomic mass is 32.2. The molecule has 0 aromatic carbocycles. The van der Waals surface area contributed by atoms with Crippen LogP contribution in [0.3, 0.4) is 0 Å². The Kier molecular flexibility index (Phi) is 4.39. The van der Waals surface area contributed by atoms with Gasteiger partial charge in [0.25, 0.3) is 10.2 Å². The summed E-state index contributed by atoms with van der Waals surface area (Å²) in [5, 5.41) is 3.10. The summed E-state index contributed by atoms with van der Waals surface area (Å²) >= 11 is 0. The van der Waals surface area contributed by atoms with Gasteiger partial charge >= 0.3 is 6.18 Å². The van der Waals surface area contributed by atoms with Crippen molar-refractivity contribution in [1.82, 2.24) is 14.3 Å². The molecule has 2 N–H and O–H groups in total. The van der Waals surface area contributed by atoms with E-state index < -0.39 is 22.9 Å². The van der Waals surface area contributed by atoms with Crippen molar-refractivity contribution in [2.45, 2.75) is 32.1 Å². The van der Waals surface area contributed by atoms with E-state index in [1.54, 1.807) is 18.6 Å². The molecule has 102 valence electrons. The normalized spacial score (nSPS) is 28.3. The first-order valence-corrected chi connectivity index (χ1v) is 6.62. The van der Waals surface area contributed by atoms with E-state index in [2.05, 4.69) is 5.32 Å². The first kappa shape index (κ1) is 14.7. The summed E-state index contributed by atoms with van der Waals surface area (Å²) in [6, 6.07) is -0.164. The molecular formula is C8H16F3N3O2S. The standard InChI is InChI=1S/C8H16F3N3O2S/c1-6-3-14(4-7(2)13-6)17(15,16)12-5-8(9,10)11/h6-7,12-13H,3-5H2,1-2H3. The number of nitrogens with zero attached hydrogens (tertiary/aromatic N) is 1. The van der Waals surface area contributed by atoms with E-state index in [1.165, 1.54) is 0 Å². The van der Waals surface area contributed by atoms with Gasteiger partial charge in [0, 0.05) is 25.2 Å². The molecule has 1 rings (SSSR count). The molecule has 0 aromatic rings. The summed E-state index contributed by atoms with van der Waals surface area (Å²) in [5.41, 5.74) is 0. The van der Waals surface area contributed by atoms with Crippen LogP contribution in [0.2, 0.25) is 0 Å². The van der Waals surface area contributed by atoms with Gasteiger partial charge in [-0.3, -0.25) is 0 Å². The minimum Gasteiger partial charge on any atom is -0.309 e. The first-order valence-electron chi connectivity index (χ1n) is 5.18. The summed E-state index contributed by atoms with van der Waals surface area (Å²) in [4.78, 5) is 0. The Hall–Kier alpha value is -0.380. The van der Waals surface area contributed by atoms with Crippen LogP contribution in [-0.4, -0.2) is 50.6 Å². The molecule has 1 aliphatic heterocycles. The zero-order valence-corrected chi connectivity index (χ0v) is 10.4. The molecule has 2 atom stereocenters. The molecular weight excluding hydrogens is 259 g/mol. The van der Waals surface area contributed by atoms with Crippen molar-refractivity contribution in [3.05, 3.63) is 0 Å². The third kappa shape index (κ3) is 4.78. The highest BCUT2D eigenvalue weighted by Crippen LogP contribution is 2.14. The van der Waals surface area contributed by atoms with Crippen molar-refractivity contribution >= 4 is 10.2 Å². The Morgan fingerprint density at radius 2 is 1.76 bits per heavy atom. The van der Waals surface area contributed by atoms with Crippen LogP contribution < -0.4 is 10.0 Å². The Bertz CT molecular complexity index is 348. The van der Waals surface area contributed by atoms with Crippen molar-refractivity contribution in [1.29, 1.82) is 0 Å².